The van der Waals surface area contributed by atoms with Crippen LogP contribution in [0.15, 0.2) is 29.8 Å². The average molecular weight is 215 g/mol. The number of hydrogen-bond acceptors (Lipinski definition) is 3. The summed E-state index contributed by atoms with van der Waals surface area (Å²) in [5.74, 6) is -0.709. The van der Waals surface area contributed by atoms with E-state index in [4.69, 9.17) is 11.0 Å². The van der Waals surface area contributed by atoms with Crippen LogP contribution >= 0.6 is 0 Å². The van der Waals surface area contributed by atoms with Gasteiger partial charge in [-0.15, -0.1) is 0 Å². The zero-order valence-corrected chi connectivity index (χ0v) is 9.27. The van der Waals surface area contributed by atoms with Crippen LogP contribution in [0.3, 0.4) is 0 Å². The molecule has 1 rings (SSSR count). The molecule has 1 amide bonds. The molecule has 0 saturated heterocycles. The minimum Gasteiger partial charge on any atom is -0.378 e. The minimum absolute atomic E-state index is 0.0439. The molecular formula is C12H13N3O. The van der Waals surface area contributed by atoms with Gasteiger partial charge in [-0.05, 0) is 23.8 Å². The fraction of sp³-hybridized carbons (Fsp3) is 0.167. The molecule has 0 heterocycles. The fourth-order valence-electron chi connectivity index (χ4n) is 1.19. The van der Waals surface area contributed by atoms with Gasteiger partial charge in [-0.25, -0.2) is 0 Å². The molecule has 0 aliphatic rings. The quantitative estimate of drug-likeness (QED) is 0.607. The highest BCUT2D eigenvalue weighted by atomic mass is 16.1. The van der Waals surface area contributed by atoms with E-state index in [2.05, 4.69) is 0 Å². The third-order valence-corrected chi connectivity index (χ3v) is 2.11. The maximum absolute atomic E-state index is 10.8. The molecule has 0 atom stereocenters. The van der Waals surface area contributed by atoms with Crippen molar-refractivity contribution in [2.45, 2.75) is 0 Å². The van der Waals surface area contributed by atoms with Crippen molar-refractivity contribution in [2.75, 3.05) is 19.0 Å². The van der Waals surface area contributed by atoms with Crippen LogP contribution in [-0.4, -0.2) is 20.0 Å². The lowest BCUT2D eigenvalue weighted by molar-refractivity contribution is -0.114. The average Bonchev–Trinajstić information content (AvgIpc) is 2.26. The second-order valence-electron chi connectivity index (χ2n) is 3.52. The first-order valence-corrected chi connectivity index (χ1v) is 4.73. The van der Waals surface area contributed by atoms with Gasteiger partial charge in [-0.1, -0.05) is 12.1 Å². The van der Waals surface area contributed by atoms with Crippen LogP contribution in [0.1, 0.15) is 5.56 Å². The number of hydrogen-bond donors (Lipinski definition) is 1. The second kappa shape index (κ2) is 4.99. The van der Waals surface area contributed by atoms with E-state index in [1.165, 1.54) is 6.08 Å². The van der Waals surface area contributed by atoms with Crippen molar-refractivity contribution < 1.29 is 4.79 Å². The fourth-order valence-corrected chi connectivity index (χ4v) is 1.19. The largest absolute Gasteiger partial charge is 0.378 e. The first-order valence-electron chi connectivity index (χ1n) is 4.73. The van der Waals surface area contributed by atoms with E-state index in [-0.39, 0.29) is 5.57 Å². The molecule has 0 unspecified atom stereocenters. The molecule has 0 fully saturated rings. The van der Waals surface area contributed by atoms with E-state index in [0.717, 1.165) is 11.3 Å². The van der Waals surface area contributed by atoms with Crippen LogP contribution in [0.25, 0.3) is 6.08 Å². The van der Waals surface area contributed by atoms with E-state index >= 15 is 0 Å². The van der Waals surface area contributed by atoms with Crippen LogP contribution in [0.4, 0.5) is 5.69 Å². The zero-order chi connectivity index (χ0) is 12.1. The van der Waals surface area contributed by atoms with E-state index in [1.54, 1.807) is 6.07 Å². The van der Waals surface area contributed by atoms with Crippen LogP contribution in [0, 0.1) is 11.3 Å². The van der Waals surface area contributed by atoms with Crippen LogP contribution in [0.2, 0.25) is 0 Å². The number of carbonyl (C=O) groups excluding carboxylic acids is 1. The smallest absolute Gasteiger partial charge is 0.259 e. The molecule has 0 aliphatic heterocycles. The highest BCUT2D eigenvalue weighted by Gasteiger charge is 2.03. The molecule has 82 valence electrons. The van der Waals surface area contributed by atoms with Crippen LogP contribution in [-0.2, 0) is 4.79 Å². The van der Waals surface area contributed by atoms with Gasteiger partial charge in [0.1, 0.15) is 11.6 Å². The number of nitrogens with two attached hydrogens (primary N) is 1. The van der Waals surface area contributed by atoms with Crippen molar-refractivity contribution in [1.29, 1.82) is 5.26 Å². The van der Waals surface area contributed by atoms with E-state index in [9.17, 15) is 4.79 Å². The summed E-state index contributed by atoms with van der Waals surface area (Å²) in [6, 6.07) is 9.23. The van der Waals surface area contributed by atoms with Gasteiger partial charge in [-0.2, -0.15) is 5.26 Å². The topological polar surface area (TPSA) is 70.1 Å². The van der Waals surface area contributed by atoms with Crippen molar-refractivity contribution in [3.8, 4) is 6.07 Å². The lowest BCUT2D eigenvalue weighted by atomic mass is 10.1. The van der Waals surface area contributed by atoms with Gasteiger partial charge in [0.05, 0.1) is 0 Å². The van der Waals surface area contributed by atoms with E-state index < -0.39 is 5.91 Å². The van der Waals surface area contributed by atoms with Crippen molar-refractivity contribution in [2.24, 2.45) is 5.73 Å². The molecule has 0 aliphatic carbocycles. The highest BCUT2D eigenvalue weighted by molar-refractivity contribution is 6.00. The summed E-state index contributed by atoms with van der Waals surface area (Å²) in [4.78, 5) is 12.8. The van der Waals surface area contributed by atoms with Gasteiger partial charge in [0.2, 0.25) is 0 Å². The molecule has 0 spiro atoms. The van der Waals surface area contributed by atoms with Crippen LogP contribution < -0.4 is 10.6 Å². The monoisotopic (exact) mass is 215 g/mol. The summed E-state index contributed by atoms with van der Waals surface area (Å²) in [5.41, 5.74) is 6.82. The Morgan fingerprint density at radius 3 is 2.31 bits per heavy atom. The maximum atomic E-state index is 10.8. The predicted molar refractivity (Wildman–Crippen MR) is 63.6 cm³/mol. The number of amides is 1. The number of benzene rings is 1. The van der Waals surface area contributed by atoms with Gasteiger partial charge < -0.3 is 10.6 Å². The highest BCUT2D eigenvalue weighted by Crippen LogP contribution is 2.14. The zero-order valence-electron chi connectivity index (χ0n) is 9.27. The summed E-state index contributed by atoms with van der Waals surface area (Å²) in [5, 5.41) is 8.67. The Labute approximate surface area is 94.6 Å². The standard InChI is InChI=1S/C12H13N3O/c1-15(2)11-5-3-9(4-6-11)7-10(8-13)12(14)16/h3-7H,1-2H3,(H2,14,16). The Bertz CT molecular complexity index is 452. The third-order valence-electron chi connectivity index (χ3n) is 2.11. The summed E-state index contributed by atoms with van der Waals surface area (Å²) in [7, 11) is 3.88. The SMILES string of the molecule is CN(C)c1ccc(C=C(C#N)C(N)=O)cc1. The predicted octanol–water partition coefficient (Wildman–Crippen LogP) is 1.14. The Morgan fingerprint density at radius 1 is 1.38 bits per heavy atom. The van der Waals surface area contributed by atoms with Gasteiger partial charge in [-0.3, -0.25) is 4.79 Å². The molecule has 4 heteroatoms. The lowest BCUT2D eigenvalue weighted by Crippen LogP contribution is -2.12. The Balaban J connectivity index is 3.00. The molecule has 0 aromatic heterocycles. The van der Waals surface area contributed by atoms with E-state index in [0.29, 0.717) is 0 Å². The minimum atomic E-state index is -0.709. The Hall–Kier alpha value is -2.28. The molecular weight excluding hydrogens is 202 g/mol. The van der Waals surface area contributed by atoms with Gasteiger partial charge in [0.25, 0.3) is 5.91 Å². The molecule has 0 bridgehead atoms. The number of primary amides is 1. The Kier molecular flexibility index (Phi) is 3.67. The third kappa shape index (κ3) is 2.85. The van der Waals surface area contributed by atoms with Crippen molar-refractivity contribution in [3.63, 3.8) is 0 Å². The van der Waals surface area contributed by atoms with E-state index in [1.807, 2.05) is 43.3 Å². The molecule has 1 aromatic carbocycles. The number of nitrogens with zero attached hydrogens (tertiary/aromatic N) is 2. The molecule has 0 saturated carbocycles. The van der Waals surface area contributed by atoms with Gasteiger partial charge in [0.15, 0.2) is 0 Å². The maximum Gasteiger partial charge on any atom is 0.259 e. The van der Waals surface area contributed by atoms with Gasteiger partial charge in [0, 0.05) is 19.8 Å². The second-order valence-corrected chi connectivity index (χ2v) is 3.52. The first kappa shape index (κ1) is 11.8. The normalized spacial score (nSPS) is 10.7. The molecule has 2 N–H and O–H groups in total. The molecule has 0 radical (unpaired) electrons. The van der Waals surface area contributed by atoms with Crippen molar-refractivity contribution in [1.82, 2.24) is 0 Å². The Morgan fingerprint density at radius 2 is 1.94 bits per heavy atom. The first-order chi connectivity index (χ1) is 7.54. The van der Waals surface area contributed by atoms with Crippen molar-refractivity contribution in [3.05, 3.63) is 35.4 Å². The summed E-state index contributed by atoms with van der Waals surface area (Å²) < 4.78 is 0. The van der Waals surface area contributed by atoms with Crippen molar-refractivity contribution >= 4 is 17.7 Å². The summed E-state index contributed by atoms with van der Waals surface area (Å²) >= 11 is 0. The summed E-state index contributed by atoms with van der Waals surface area (Å²) in [6.45, 7) is 0. The van der Waals surface area contributed by atoms with Crippen LogP contribution in [0.5, 0.6) is 0 Å². The van der Waals surface area contributed by atoms with Gasteiger partial charge >= 0.3 is 0 Å². The molecule has 4 nitrogen and oxygen atoms in total. The lowest BCUT2D eigenvalue weighted by Gasteiger charge is -2.11. The molecule has 1 aromatic rings. The number of nitriles is 1. The summed E-state index contributed by atoms with van der Waals surface area (Å²) in [6.07, 6.45) is 1.47. The number of anilines is 1. The number of carbonyl (C=O) groups is 1. The molecule has 16 heavy (non-hydrogen) atoms. The number of rotatable bonds is 3.